The number of nitrogens with zero attached hydrogens (tertiary/aromatic N) is 4. The Hall–Kier alpha value is -4.48. The monoisotopic (exact) mass is 674 g/mol. The molecular formula is C35H39ClN6O4S. The number of anilines is 2. The first-order valence-electron chi connectivity index (χ1n) is 15.4. The van der Waals surface area contributed by atoms with Crippen molar-refractivity contribution in [2.24, 2.45) is 0 Å². The van der Waals surface area contributed by atoms with Crippen molar-refractivity contribution in [2.75, 3.05) is 37.4 Å². The van der Waals surface area contributed by atoms with E-state index in [0.29, 0.717) is 57.7 Å². The summed E-state index contributed by atoms with van der Waals surface area (Å²) in [5, 5.41) is 12.5. The predicted molar refractivity (Wildman–Crippen MR) is 186 cm³/mol. The highest BCUT2D eigenvalue weighted by molar-refractivity contribution is 7.98. The summed E-state index contributed by atoms with van der Waals surface area (Å²) in [4.78, 5) is 33.2. The number of rotatable bonds is 12. The number of benzene rings is 3. The van der Waals surface area contributed by atoms with Gasteiger partial charge >= 0.3 is 0 Å². The maximum Gasteiger partial charge on any atom is 0.260 e. The van der Waals surface area contributed by atoms with Gasteiger partial charge in [-0.05, 0) is 75.6 Å². The Bertz CT molecular complexity index is 1820. The van der Waals surface area contributed by atoms with Gasteiger partial charge in [-0.25, -0.2) is 4.68 Å². The van der Waals surface area contributed by atoms with E-state index in [1.54, 1.807) is 22.8 Å². The van der Waals surface area contributed by atoms with Gasteiger partial charge in [0.15, 0.2) is 18.1 Å². The second-order valence-electron chi connectivity index (χ2n) is 11.1. The Kier molecular flexibility index (Phi) is 10.8. The highest BCUT2D eigenvalue weighted by Gasteiger charge is 2.35. The fourth-order valence-electron chi connectivity index (χ4n) is 5.48. The molecule has 0 bridgehead atoms. The van der Waals surface area contributed by atoms with E-state index in [2.05, 4.69) is 10.6 Å². The number of likely N-dealkylation sites (N-methyl/N-ethyl adjacent to an activating group) is 1. The Morgan fingerprint density at radius 2 is 1.81 bits per heavy atom. The molecule has 10 nitrogen and oxygen atoms in total. The van der Waals surface area contributed by atoms with Crippen LogP contribution in [0.15, 0.2) is 77.1 Å². The summed E-state index contributed by atoms with van der Waals surface area (Å²) < 4.78 is 13.3. The Labute approximate surface area is 284 Å². The third-order valence-electron chi connectivity index (χ3n) is 7.99. The van der Waals surface area contributed by atoms with Crippen LogP contribution >= 0.6 is 23.4 Å². The molecule has 1 unspecified atom stereocenters. The number of fused-ring (bicyclic) bond motifs is 1. The van der Waals surface area contributed by atoms with Gasteiger partial charge in [-0.2, -0.15) is 4.98 Å². The van der Waals surface area contributed by atoms with Crippen molar-refractivity contribution in [3.8, 4) is 11.5 Å². The standard InChI is InChI=1S/C35H39ClN6O4S/c1-7-41(8-2)30(43)19-46-28-16-14-24(18-29(28)45-6)32-31(33(44)38-27-15-13-21(3)17-22(27)4)23(5)37-34-39-35(40-42(32)34)47-20-25-11-9-10-12-26(25)36/h9-18,32H,7-8,19-20H2,1-6H3,(H,38,44)(H,37,39,40). The molecule has 0 aliphatic carbocycles. The molecule has 5 rings (SSSR count). The molecular weight excluding hydrogens is 636 g/mol. The molecule has 0 fully saturated rings. The van der Waals surface area contributed by atoms with Gasteiger partial charge in [-0.15, -0.1) is 5.10 Å². The first kappa shape index (κ1) is 33.9. The van der Waals surface area contributed by atoms with Gasteiger partial charge in [-0.1, -0.05) is 65.3 Å². The summed E-state index contributed by atoms with van der Waals surface area (Å²) >= 11 is 7.85. The summed E-state index contributed by atoms with van der Waals surface area (Å²) in [5.41, 5.74) is 5.60. The smallest absolute Gasteiger partial charge is 0.260 e. The second-order valence-corrected chi connectivity index (χ2v) is 12.5. The fourth-order valence-corrected chi connectivity index (χ4v) is 6.59. The molecule has 47 heavy (non-hydrogen) atoms. The zero-order chi connectivity index (χ0) is 33.7. The largest absolute Gasteiger partial charge is 0.493 e. The second kappa shape index (κ2) is 15.0. The summed E-state index contributed by atoms with van der Waals surface area (Å²) in [6.45, 7) is 10.8. The van der Waals surface area contributed by atoms with Gasteiger partial charge in [0.05, 0.1) is 12.7 Å². The maximum absolute atomic E-state index is 14.1. The summed E-state index contributed by atoms with van der Waals surface area (Å²) in [7, 11) is 1.54. The normalized spacial score (nSPS) is 13.9. The van der Waals surface area contributed by atoms with E-state index >= 15 is 0 Å². The summed E-state index contributed by atoms with van der Waals surface area (Å²) in [6, 6.07) is 18.3. The third kappa shape index (κ3) is 7.58. The summed E-state index contributed by atoms with van der Waals surface area (Å²) in [6.07, 6.45) is 0. The van der Waals surface area contributed by atoms with Crippen LogP contribution in [0.3, 0.4) is 0 Å². The SMILES string of the molecule is CCN(CC)C(=O)COc1ccc(C2C(C(=O)Nc3ccc(C)cc3C)=C(C)Nc3nc(SCc4ccccc4Cl)nn32)cc1OC. The van der Waals surface area contributed by atoms with Gasteiger partial charge < -0.3 is 25.0 Å². The Morgan fingerprint density at radius 3 is 2.51 bits per heavy atom. The Balaban J connectivity index is 1.51. The number of carbonyl (C=O) groups excluding carboxylic acids is 2. The molecule has 2 heterocycles. The molecule has 1 aliphatic heterocycles. The number of halogens is 1. The number of aromatic nitrogens is 3. The molecule has 0 spiro atoms. The van der Waals surface area contributed by atoms with Gasteiger partial charge in [-0.3, -0.25) is 9.59 Å². The number of amides is 2. The highest BCUT2D eigenvalue weighted by atomic mass is 35.5. The zero-order valence-corrected chi connectivity index (χ0v) is 29.0. The number of aryl methyl sites for hydroxylation is 2. The van der Waals surface area contributed by atoms with Crippen LogP contribution in [0.25, 0.3) is 0 Å². The van der Waals surface area contributed by atoms with E-state index in [1.807, 2.05) is 89.2 Å². The van der Waals surface area contributed by atoms with Gasteiger partial charge in [0.25, 0.3) is 11.8 Å². The molecule has 0 saturated heterocycles. The lowest BCUT2D eigenvalue weighted by molar-refractivity contribution is -0.133. The first-order valence-corrected chi connectivity index (χ1v) is 16.8. The van der Waals surface area contributed by atoms with E-state index in [1.165, 1.54) is 11.8 Å². The third-order valence-corrected chi connectivity index (χ3v) is 9.25. The zero-order valence-electron chi connectivity index (χ0n) is 27.4. The van der Waals surface area contributed by atoms with E-state index < -0.39 is 6.04 Å². The fraction of sp³-hybridized carbons (Fsp3) is 0.314. The average molecular weight is 675 g/mol. The molecule has 1 atom stereocenters. The van der Waals surface area contributed by atoms with Gasteiger partial charge in [0.2, 0.25) is 11.1 Å². The highest BCUT2D eigenvalue weighted by Crippen LogP contribution is 2.40. The van der Waals surface area contributed by atoms with Crippen LogP contribution in [-0.2, 0) is 15.3 Å². The average Bonchev–Trinajstić information content (AvgIpc) is 3.46. The molecule has 12 heteroatoms. The molecule has 2 N–H and O–H groups in total. The van der Waals surface area contributed by atoms with Crippen molar-refractivity contribution in [3.05, 3.63) is 99.2 Å². The first-order chi connectivity index (χ1) is 22.6. The van der Waals surface area contributed by atoms with Crippen molar-refractivity contribution in [2.45, 2.75) is 51.6 Å². The van der Waals surface area contributed by atoms with E-state index in [9.17, 15) is 9.59 Å². The van der Waals surface area contributed by atoms with Crippen molar-refractivity contribution < 1.29 is 19.1 Å². The van der Waals surface area contributed by atoms with Gasteiger partial charge in [0, 0.05) is 35.2 Å². The molecule has 0 saturated carbocycles. The molecule has 1 aliphatic rings. The number of hydrogen-bond donors (Lipinski definition) is 2. The number of methoxy groups -OCH3 is 1. The van der Waals surface area contributed by atoms with Crippen molar-refractivity contribution in [1.29, 1.82) is 0 Å². The minimum absolute atomic E-state index is 0.113. The molecule has 0 radical (unpaired) electrons. The van der Waals surface area contributed by atoms with Crippen molar-refractivity contribution in [1.82, 2.24) is 19.7 Å². The molecule has 3 aromatic carbocycles. The lowest BCUT2D eigenvalue weighted by atomic mass is 9.94. The number of carbonyl (C=O) groups is 2. The summed E-state index contributed by atoms with van der Waals surface area (Å²) in [5.74, 6) is 1.53. The van der Waals surface area contributed by atoms with E-state index in [4.69, 9.17) is 31.2 Å². The van der Waals surface area contributed by atoms with Gasteiger partial charge in [0.1, 0.15) is 6.04 Å². The minimum Gasteiger partial charge on any atom is -0.493 e. The van der Waals surface area contributed by atoms with Crippen LogP contribution < -0.4 is 20.1 Å². The van der Waals surface area contributed by atoms with Crippen LogP contribution in [0, 0.1) is 13.8 Å². The lowest BCUT2D eigenvalue weighted by Gasteiger charge is -2.29. The topological polar surface area (TPSA) is 111 Å². The number of allylic oxidation sites excluding steroid dienone is 1. The van der Waals surface area contributed by atoms with E-state index in [-0.39, 0.29) is 18.4 Å². The maximum atomic E-state index is 14.1. The van der Waals surface area contributed by atoms with Crippen LogP contribution in [0.1, 0.15) is 49.1 Å². The number of ether oxygens (including phenoxy) is 2. The van der Waals surface area contributed by atoms with Crippen molar-refractivity contribution >= 4 is 46.8 Å². The number of thioether (sulfide) groups is 1. The molecule has 1 aromatic heterocycles. The Morgan fingerprint density at radius 1 is 1.04 bits per heavy atom. The van der Waals surface area contributed by atoms with Crippen LogP contribution in [0.4, 0.5) is 11.6 Å². The molecule has 246 valence electrons. The lowest BCUT2D eigenvalue weighted by Crippen LogP contribution is -2.34. The van der Waals surface area contributed by atoms with Crippen LogP contribution in [0.5, 0.6) is 11.5 Å². The predicted octanol–water partition coefficient (Wildman–Crippen LogP) is 7.02. The quantitative estimate of drug-likeness (QED) is 0.154. The van der Waals surface area contributed by atoms with Crippen LogP contribution in [-0.4, -0.2) is 58.3 Å². The minimum atomic E-state index is -0.653. The molecule has 2 amide bonds. The number of hydrogen-bond acceptors (Lipinski definition) is 8. The van der Waals surface area contributed by atoms with Crippen LogP contribution in [0.2, 0.25) is 5.02 Å². The molecule has 4 aromatic rings. The number of nitrogens with one attached hydrogen (secondary N) is 2. The van der Waals surface area contributed by atoms with Crippen molar-refractivity contribution in [3.63, 3.8) is 0 Å². The van der Waals surface area contributed by atoms with E-state index in [0.717, 1.165) is 27.9 Å².